The molecular formula is C17H16N4O3. The number of non-ortho nitro benzene ring substituents is 1. The van der Waals surface area contributed by atoms with Crippen molar-refractivity contribution in [3.63, 3.8) is 0 Å². The molecule has 0 atom stereocenters. The number of carbonyl (C=O) groups excluding carboxylic acids is 1. The summed E-state index contributed by atoms with van der Waals surface area (Å²) in [7, 11) is 0. The van der Waals surface area contributed by atoms with Gasteiger partial charge in [0.25, 0.3) is 11.6 Å². The summed E-state index contributed by atoms with van der Waals surface area (Å²) in [4.78, 5) is 26.6. The molecule has 0 bridgehead atoms. The van der Waals surface area contributed by atoms with Gasteiger partial charge >= 0.3 is 0 Å². The Balaban J connectivity index is 1.54. The van der Waals surface area contributed by atoms with Gasteiger partial charge in [-0.2, -0.15) is 0 Å². The van der Waals surface area contributed by atoms with Crippen LogP contribution in [0.1, 0.15) is 16.8 Å². The van der Waals surface area contributed by atoms with E-state index in [0.29, 0.717) is 6.54 Å². The maximum absolute atomic E-state index is 12.0. The van der Waals surface area contributed by atoms with E-state index in [1.54, 1.807) is 12.4 Å². The van der Waals surface area contributed by atoms with Gasteiger partial charge in [-0.15, -0.1) is 0 Å². The Labute approximate surface area is 138 Å². The van der Waals surface area contributed by atoms with Crippen LogP contribution in [0.4, 0.5) is 5.69 Å². The number of benzene rings is 2. The summed E-state index contributed by atoms with van der Waals surface area (Å²) in [5, 5.41) is 13.5. The third-order valence-electron chi connectivity index (χ3n) is 3.71. The second kappa shape index (κ2) is 6.91. The van der Waals surface area contributed by atoms with Gasteiger partial charge in [-0.05, 0) is 24.6 Å². The van der Waals surface area contributed by atoms with Crippen LogP contribution >= 0.6 is 0 Å². The van der Waals surface area contributed by atoms with Crippen molar-refractivity contribution in [3.8, 4) is 0 Å². The number of carbonyl (C=O) groups is 1. The molecule has 122 valence electrons. The number of hydrogen-bond donors (Lipinski definition) is 1. The first-order chi connectivity index (χ1) is 11.6. The van der Waals surface area contributed by atoms with Crippen LogP contribution in [-0.2, 0) is 6.54 Å². The maximum Gasteiger partial charge on any atom is 0.270 e. The van der Waals surface area contributed by atoms with Crippen LogP contribution in [-0.4, -0.2) is 26.9 Å². The third kappa shape index (κ3) is 3.40. The van der Waals surface area contributed by atoms with E-state index < -0.39 is 4.92 Å². The van der Waals surface area contributed by atoms with Crippen molar-refractivity contribution in [3.05, 3.63) is 70.5 Å². The van der Waals surface area contributed by atoms with Crippen molar-refractivity contribution in [2.24, 2.45) is 0 Å². The largest absolute Gasteiger partial charge is 0.352 e. The lowest BCUT2D eigenvalue weighted by atomic mass is 10.2. The van der Waals surface area contributed by atoms with Crippen LogP contribution in [0.3, 0.4) is 0 Å². The molecular weight excluding hydrogens is 308 g/mol. The summed E-state index contributed by atoms with van der Waals surface area (Å²) in [5.41, 5.74) is 2.20. The lowest BCUT2D eigenvalue weighted by Gasteiger charge is -2.07. The number of nitrogens with zero attached hydrogens (tertiary/aromatic N) is 3. The first-order valence-corrected chi connectivity index (χ1v) is 7.57. The summed E-state index contributed by atoms with van der Waals surface area (Å²) >= 11 is 0. The lowest BCUT2D eigenvalue weighted by Crippen LogP contribution is -2.25. The fourth-order valence-corrected chi connectivity index (χ4v) is 2.50. The zero-order chi connectivity index (χ0) is 16.9. The van der Waals surface area contributed by atoms with E-state index in [2.05, 4.69) is 10.3 Å². The van der Waals surface area contributed by atoms with E-state index in [0.717, 1.165) is 24.0 Å². The smallest absolute Gasteiger partial charge is 0.270 e. The number of para-hydroxylation sites is 2. The predicted octanol–water partition coefficient (Wildman–Crippen LogP) is 2.76. The molecule has 2 aromatic carbocycles. The predicted molar refractivity (Wildman–Crippen MR) is 89.8 cm³/mol. The summed E-state index contributed by atoms with van der Waals surface area (Å²) in [6, 6.07) is 13.6. The van der Waals surface area contributed by atoms with Crippen LogP contribution in [0, 0.1) is 10.1 Å². The second-order valence-corrected chi connectivity index (χ2v) is 5.34. The van der Waals surface area contributed by atoms with E-state index in [9.17, 15) is 14.9 Å². The van der Waals surface area contributed by atoms with E-state index in [1.807, 2.05) is 28.8 Å². The van der Waals surface area contributed by atoms with Crippen molar-refractivity contribution in [1.82, 2.24) is 14.9 Å². The molecule has 0 aliphatic heterocycles. The summed E-state index contributed by atoms with van der Waals surface area (Å²) in [5.74, 6) is -0.311. The monoisotopic (exact) mass is 324 g/mol. The molecule has 0 aliphatic rings. The number of nitrogens with one attached hydrogen (secondary N) is 1. The first kappa shape index (κ1) is 15.7. The van der Waals surface area contributed by atoms with Gasteiger partial charge in [0.15, 0.2) is 0 Å². The summed E-state index contributed by atoms with van der Waals surface area (Å²) < 4.78 is 2.04. The summed E-state index contributed by atoms with van der Waals surface area (Å²) in [6.07, 6.45) is 2.52. The lowest BCUT2D eigenvalue weighted by molar-refractivity contribution is -0.384. The highest BCUT2D eigenvalue weighted by Crippen LogP contribution is 2.13. The van der Waals surface area contributed by atoms with Crippen molar-refractivity contribution < 1.29 is 9.72 Å². The Morgan fingerprint density at radius 3 is 2.88 bits per heavy atom. The van der Waals surface area contributed by atoms with Gasteiger partial charge in [0.05, 0.1) is 22.3 Å². The van der Waals surface area contributed by atoms with Crippen LogP contribution < -0.4 is 5.32 Å². The minimum atomic E-state index is -0.513. The fraction of sp³-hybridized carbons (Fsp3) is 0.176. The standard InChI is InChI=1S/C17H16N4O3/c22-17(13-5-3-6-14(11-13)21(23)24)18-9-4-10-20-12-19-15-7-1-2-8-16(15)20/h1-3,5-8,11-12H,4,9-10H2,(H,18,22). The molecule has 1 heterocycles. The van der Waals surface area contributed by atoms with Gasteiger partial charge in [0, 0.05) is 30.8 Å². The van der Waals surface area contributed by atoms with E-state index in [4.69, 9.17) is 0 Å². The molecule has 0 fully saturated rings. The van der Waals surface area contributed by atoms with E-state index in [-0.39, 0.29) is 17.2 Å². The minimum absolute atomic E-state index is 0.0902. The molecule has 3 rings (SSSR count). The topological polar surface area (TPSA) is 90.1 Å². The Bertz CT molecular complexity index is 888. The minimum Gasteiger partial charge on any atom is -0.352 e. The third-order valence-corrected chi connectivity index (χ3v) is 3.71. The number of hydrogen-bond acceptors (Lipinski definition) is 4. The molecule has 24 heavy (non-hydrogen) atoms. The molecule has 0 saturated carbocycles. The van der Waals surface area contributed by atoms with Crippen molar-refractivity contribution >= 4 is 22.6 Å². The normalized spacial score (nSPS) is 10.7. The number of nitro benzene ring substituents is 1. The summed E-state index contributed by atoms with van der Waals surface area (Å²) in [6.45, 7) is 1.21. The van der Waals surface area contributed by atoms with E-state index >= 15 is 0 Å². The maximum atomic E-state index is 12.0. The van der Waals surface area contributed by atoms with Gasteiger partial charge in [-0.25, -0.2) is 4.98 Å². The fourth-order valence-electron chi connectivity index (χ4n) is 2.50. The zero-order valence-electron chi connectivity index (χ0n) is 12.9. The van der Waals surface area contributed by atoms with Crippen molar-refractivity contribution in [2.45, 2.75) is 13.0 Å². The number of aromatic nitrogens is 2. The first-order valence-electron chi connectivity index (χ1n) is 7.57. The number of nitro groups is 1. The molecule has 0 saturated heterocycles. The van der Waals surface area contributed by atoms with Crippen molar-refractivity contribution in [1.29, 1.82) is 0 Å². The number of aryl methyl sites for hydroxylation is 1. The average Bonchev–Trinajstić information content (AvgIpc) is 3.02. The average molecular weight is 324 g/mol. The van der Waals surface area contributed by atoms with Gasteiger partial charge in [0.2, 0.25) is 0 Å². The van der Waals surface area contributed by atoms with Gasteiger partial charge in [-0.3, -0.25) is 14.9 Å². The van der Waals surface area contributed by atoms with Crippen LogP contribution in [0.25, 0.3) is 11.0 Å². The van der Waals surface area contributed by atoms with E-state index in [1.165, 1.54) is 18.2 Å². The molecule has 0 unspecified atom stereocenters. The highest BCUT2D eigenvalue weighted by Gasteiger charge is 2.11. The van der Waals surface area contributed by atoms with Gasteiger partial charge in [-0.1, -0.05) is 18.2 Å². The highest BCUT2D eigenvalue weighted by molar-refractivity contribution is 5.94. The Morgan fingerprint density at radius 2 is 2.04 bits per heavy atom. The zero-order valence-corrected chi connectivity index (χ0v) is 12.9. The quantitative estimate of drug-likeness (QED) is 0.429. The Hall–Kier alpha value is -3.22. The second-order valence-electron chi connectivity index (χ2n) is 5.34. The van der Waals surface area contributed by atoms with Crippen LogP contribution in [0.15, 0.2) is 54.9 Å². The Kier molecular flexibility index (Phi) is 4.51. The highest BCUT2D eigenvalue weighted by atomic mass is 16.6. The Morgan fingerprint density at radius 1 is 1.21 bits per heavy atom. The van der Waals surface area contributed by atoms with Crippen LogP contribution in [0.2, 0.25) is 0 Å². The number of fused-ring (bicyclic) bond motifs is 1. The SMILES string of the molecule is O=C(NCCCn1cnc2ccccc21)c1cccc([N+](=O)[O-])c1. The van der Waals surface area contributed by atoms with Gasteiger partial charge in [0.1, 0.15) is 0 Å². The molecule has 0 spiro atoms. The molecule has 1 N–H and O–H groups in total. The molecule has 7 nitrogen and oxygen atoms in total. The molecule has 3 aromatic rings. The molecule has 7 heteroatoms. The number of rotatable bonds is 6. The van der Waals surface area contributed by atoms with Crippen molar-refractivity contribution in [2.75, 3.05) is 6.54 Å². The van der Waals surface area contributed by atoms with Crippen LogP contribution in [0.5, 0.6) is 0 Å². The number of amides is 1. The molecule has 0 aliphatic carbocycles. The molecule has 1 amide bonds. The van der Waals surface area contributed by atoms with Gasteiger partial charge < -0.3 is 9.88 Å². The molecule has 0 radical (unpaired) electrons. The number of imidazole rings is 1. The molecule has 1 aromatic heterocycles.